The second-order valence-corrected chi connectivity index (χ2v) is 5.96. The Morgan fingerprint density at radius 2 is 1.64 bits per heavy atom. The number of imidazole rings is 1. The van der Waals surface area contributed by atoms with Crippen LogP contribution in [0, 0.1) is 6.92 Å². The molecule has 0 saturated heterocycles. The maximum atomic E-state index is 12.6. The summed E-state index contributed by atoms with van der Waals surface area (Å²) in [6.07, 6.45) is 3.37. The third-order valence-corrected chi connectivity index (χ3v) is 3.94. The number of carbonyl (C=O) groups is 1. The van der Waals surface area contributed by atoms with E-state index in [1.165, 1.54) is 0 Å². The Balaban J connectivity index is 0.00000225. The molecular weight excluding hydrogens is 354 g/mol. The zero-order valence-corrected chi connectivity index (χ0v) is 15.7. The van der Waals surface area contributed by atoms with Gasteiger partial charge in [-0.2, -0.15) is 13.5 Å². The fourth-order valence-corrected chi connectivity index (χ4v) is 2.45. The number of aliphatic imine (C=N–C) groups is 1. The Hall–Kier alpha value is -2.37. The lowest BCUT2D eigenvalue weighted by Gasteiger charge is -2.08. The molecule has 3 aromatic rings. The minimum absolute atomic E-state index is 0. The zero-order valence-electron chi connectivity index (χ0n) is 13.9. The van der Waals surface area contributed by atoms with Crippen molar-refractivity contribution in [3.8, 4) is 0 Å². The molecule has 1 aromatic heterocycles. The molecule has 3 rings (SSSR count). The third kappa shape index (κ3) is 4.38. The molecule has 0 unspecified atom stereocenters. The molecule has 4 nitrogen and oxygen atoms in total. The molecular formula is C19H18ClN3OS. The number of amides is 1. The SMILES string of the molecule is Cc1ccc(C(=O)N=C(c2ccc(Cl)cc2)c2cncn2C)cc1.S. The van der Waals surface area contributed by atoms with E-state index in [1.54, 1.807) is 36.8 Å². The summed E-state index contributed by atoms with van der Waals surface area (Å²) in [6, 6.07) is 14.6. The molecule has 128 valence electrons. The first-order valence-corrected chi connectivity index (χ1v) is 7.85. The van der Waals surface area contributed by atoms with Crippen molar-refractivity contribution in [2.24, 2.45) is 12.0 Å². The molecule has 0 bridgehead atoms. The van der Waals surface area contributed by atoms with Gasteiger partial charge in [0.15, 0.2) is 0 Å². The number of benzene rings is 2. The quantitative estimate of drug-likeness (QED) is 0.648. The number of aromatic nitrogens is 2. The topological polar surface area (TPSA) is 47.2 Å². The second kappa shape index (κ2) is 8.14. The fraction of sp³-hybridized carbons (Fsp3) is 0.105. The summed E-state index contributed by atoms with van der Waals surface area (Å²) in [6.45, 7) is 1.98. The number of hydrogen-bond acceptors (Lipinski definition) is 2. The number of rotatable bonds is 3. The van der Waals surface area contributed by atoms with Crippen molar-refractivity contribution in [1.29, 1.82) is 0 Å². The summed E-state index contributed by atoms with van der Waals surface area (Å²) in [7, 11) is 1.87. The fourth-order valence-electron chi connectivity index (χ4n) is 2.33. The average Bonchev–Trinajstić information content (AvgIpc) is 3.00. The molecule has 2 aromatic carbocycles. The van der Waals surface area contributed by atoms with Gasteiger partial charge in [0.1, 0.15) is 0 Å². The van der Waals surface area contributed by atoms with Crippen molar-refractivity contribution >= 4 is 36.7 Å². The molecule has 0 radical (unpaired) electrons. The third-order valence-electron chi connectivity index (χ3n) is 3.69. The lowest BCUT2D eigenvalue weighted by molar-refractivity contribution is 0.100. The Morgan fingerprint density at radius 1 is 1.04 bits per heavy atom. The second-order valence-electron chi connectivity index (χ2n) is 5.53. The number of halogens is 1. The van der Waals surface area contributed by atoms with Crippen molar-refractivity contribution in [2.75, 3.05) is 0 Å². The maximum absolute atomic E-state index is 12.6. The molecule has 0 N–H and O–H groups in total. The van der Waals surface area contributed by atoms with Crippen LogP contribution in [0.3, 0.4) is 0 Å². The van der Waals surface area contributed by atoms with Crippen LogP contribution in [0.5, 0.6) is 0 Å². The van der Waals surface area contributed by atoms with Gasteiger partial charge in [-0.25, -0.2) is 9.98 Å². The predicted octanol–water partition coefficient (Wildman–Crippen LogP) is 4.17. The molecule has 0 aliphatic heterocycles. The highest BCUT2D eigenvalue weighted by Crippen LogP contribution is 2.16. The van der Waals surface area contributed by atoms with Crippen molar-refractivity contribution in [1.82, 2.24) is 9.55 Å². The highest BCUT2D eigenvalue weighted by molar-refractivity contribution is 7.59. The predicted molar refractivity (Wildman–Crippen MR) is 106 cm³/mol. The highest BCUT2D eigenvalue weighted by atomic mass is 35.5. The first-order chi connectivity index (χ1) is 11.5. The molecule has 0 aliphatic carbocycles. The van der Waals surface area contributed by atoms with Crippen LogP contribution in [-0.2, 0) is 7.05 Å². The van der Waals surface area contributed by atoms with Crippen molar-refractivity contribution in [2.45, 2.75) is 6.92 Å². The van der Waals surface area contributed by atoms with Gasteiger partial charge in [-0.15, -0.1) is 0 Å². The van der Waals surface area contributed by atoms with E-state index >= 15 is 0 Å². The van der Waals surface area contributed by atoms with Crippen LogP contribution in [0.15, 0.2) is 66.0 Å². The molecule has 0 spiro atoms. The standard InChI is InChI=1S/C19H16ClN3O.H2S/c1-13-3-5-15(6-4-13)19(24)22-18(17-11-21-12-23(17)2)14-7-9-16(20)10-8-14;/h3-12H,1-2H3;1H2. The lowest BCUT2D eigenvalue weighted by Crippen LogP contribution is -2.11. The van der Waals surface area contributed by atoms with Crippen LogP contribution in [0.25, 0.3) is 0 Å². The van der Waals surface area contributed by atoms with Crippen LogP contribution >= 0.6 is 25.1 Å². The van der Waals surface area contributed by atoms with Gasteiger partial charge in [0, 0.05) is 23.2 Å². The molecule has 25 heavy (non-hydrogen) atoms. The number of hydrogen-bond donors (Lipinski definition) is 0. The Kier molecular flexibility index (Phi) is 6.17. The van der Waals surface area contributed by atoms with Gasteiger partial charge < -0.3 is 4.57 Å². The Morgan fingerprint density at radius 3 is 2.20 bits per heavy atom. The summed E-state index contributed by atoms with van der Waals surface area (Å²) < 4.78 is 1.83. The van der Waals surface area contributed by atoms with Crippen molar-refractivity contribution < 1.29 is 4.79 Å². The molecule has 6 heteroatoms. The van der Waals surface area contributed by atoms with Gasteiger partial charge in [0.2, 0.25) is 0 Å². The minimum Gasteiger partial charge on any atom is -0.332 e. The minimum atomic E-state index is -0.291. The Labute approximate surface area is 158 Å². The summed E-state index contributed by atoms with van der Waals surface area (Å²) in [5, 5.41) is 0.632. The van der Waals surface area contributed by atoms with Crippen LogP contribution in [0.4, 0.5) is 0 Å². The van der Waals surface area contributed by atoms with E-state index in [2.05, 4.69) is 9.98 Å². The zero-order chi connectivity index (χ0) is 17.1. The first kappa shape index (κ1) is 19.0. The van der Waals surface area contributed by atoms with Gasteiger partial charge >= 0.3 is 0 Å². The smallest absolute Gasteiger partial charge is 0.277 e. The normalized spacial score (nSPS) is 11.1. The molecule has 0 aliphatic rings. The van der Waals surface area contributed by atoms with Gasteiger partial charge in [-0.3, -0.25) is 4.79 Å². The van der Waals surface area contributed by atoms with E-state index in [0.29, 0.717) is 16.3 Å². The summed E-state index contributed by atoms with van der Waals surface area (Å²) in [5.74, 6) is -0.291. The van der Waals surface area contributed by atoms with Gasteiger partial charge in [0.25, 0.3) is 5.91 Å². The van der Waals surface area contributed by atoms with Crippen molar-refractivity contribution in [3.05, 3.63) is 88.5 Å². The monoisotopic (exact) mass is 371 g/mol. The highest BCUT2D eigenvalue weighted by Gasteiger charge is 2.14. The van der Waals surface area contributed by atoms with E-state index in [1.807, 2.05) is 42.8 Å². The molecule has 0 atom stereocenters. The molecule has 0 saturated carbocycles. The van der Waals surface area contributed by atoms with E-state index < -0.39 is 0 Å². The molecule has 1 amide bonds. The van der Waals surface area contributed by atoms with E-state index in [-0.39, 0.29) is 19.4 Å². The summed E-state index contributed by atoms with van der Waals surface area (Å²) in [5.41, 5.74) is 3.79. The average molecular weight is 372 g/mol. The number of nitrogens with zero attached hydrogens (tertiary/aromatic N) is 3. The Bertz CT molecular complexity index is 899. The molecule has 1 heterocycles. The van der Waals surface area contributed by atoms with Crippen molar-refractivity contribution in [3.63, 3.8) is 0 Å². The summed E-state index contributed by atoms with van der Waals surface area (Å²) in [4.78, 5) is 21.0. The van der Waals surface area contributed by atoms with Crippen LogP contribution in [0.2, 0.25) is 5.02 Å². The van der Waals surface area contributed by atoms with E-state index in [4.69, 9.17) is 11.6 Å². The lowest BCUT2D eigenvalue weighted by atomic mass is 10.1. The number of aryl methyl sites for hydroxylation is 2. The van der Waals surface area contributed by atoms with E-state index in [9.17, 15) is 4.79 Å². The maximum Gasteiger partial charge on any atom is 0.277 e. The largest absolute Gasteiger partial charge is 0.332 e. The van der Waals surface area contributed by atoms with Gasteiger partial charge in [-0.1, -0.05) is 41.4 Å². The summed E-state index contributed by atoms with van der Waals surface area (Å²) >= 11 is 5.96. The van der Waals surface area contributed by atoms with Crippen LogP contribution in [-0.4, -0.2) is 21.2 Å². The van der Waals surface area contributed by atoms with Crippen LogP contribution < -0.4 is 0 Å². The van der Waals surface area contributed by atoms with Crippen LogP contribution in [0.1, 0.15) is 27.2 Å². The van der Waals surface area contributed by atoms with Gasteiger partial charge in [-0.05, 0) is 31.2 Å². The first-order valence-electron chi connectivity index (χ1n) is 7.47. The number of carbonyl (C=O) groups excluding carboxylic acids is 1. The molecule has 0 fully saturated rings. The van der Waals surface area contributed by atoms with Gasteiger partial charge in [0.05, 0.1) is 23.9 Å². The van der Waals surface area contributed by atoms with E-state index in [0.717, 1.165) is 16.8 Å².